The van der Waals surface area contributed by atoms with Gasteiger partial charge in [0.05, 0.1) is 11.5 Å². The molecule has 0 heterocycles. The zero-order chi connectivity index (χ0) is 14.8. The van der Waals surface area contributed by atoms with Crippen LogP contribution in [0.1, 0.15) is 32.4 Å². The highest BCUT2D eigenvalue weighted by molar-refractivity contribution is 5.78. The molecule has 1 aromatic carbocycles. The third-order valence-corrected chi connectivity index (χ3v) is 2.48. The third-order valence-electron chi connectivity index (χ3n) is 2.48. The van der Waals surface area contributed by atoms with Crippen LogP contribution in [0.15, 0.2) is 12.1 Å². The Morgan fingerprint density at radius 2 is 2.05 bits per heavy atom. The number of phenolic OH excluding ortho intramolecular Hbond substituents is 1. The van der Waals surface area contributed by atoms with Gasteiger partial charge >= 0.3 is 5.97 Å². The summed E-state index contributed by atoms with van der Waals surface area (Å²) in [5.41, 5.74) is 4.29. The molecule has 0 radical (unpaired) electrons. The van der Waals surface area contributed by atoms with Crippen LogP contribution in [-0.4, -0.2) is 22.7 Å². The number of aliphatic hydroxyl groups excluding tert-OH is 1. The predicted molar refractivity (Wildman–Crippen MR) is 67.2 cm³/mol. The number of nitrogens with two attached hydrogens (primary N) is 1. The minimum Gasteiger partial charge on any atom is -0.504 e. The first-order valence-corrected chi connectivity index (χ1v) is 5.79. The van der Waals surface area contributed by atoms with E-state index in [0.29, 0.717) is 0 Å². The Hall–Kier alpha value is -1.66. The Morgan fingerprint density at radius 1 is 1.47 bits per heavy atom. The standard InChI is InChI=1S/C13H18FNO4/c1-13(2,3)12(18)19-11-5-8(14)7(4-9(11)16)10(17)6-15/h4-5,10,16-17H,6,15H2,1-3H3. The molecular weight excluding hydrogens is 253 g/mol. The monoisotopic (exact) mass is 271 g/mol. The number of halogens is 1. The van der Waals surface area contributed by atoms with Gasteiger partial charge in [-0.2, -0.15) is 0 Å². The second-order valence-electron chi connectivity index (χ2n) is 5.23. The van der Waals surface area contributed by atoms with Crippen LogP contribution < -0.4 is 10.5 Å². The Bertz CT molecular complexity index is 482. The number of carbonyl (C=O) groups excluding carboxylic acids is 1. The van der Waals surface area contributed by atoms with Crippen molar-refractivity contribution in [2.45, 2.75) is 26.9 Å². The number of aliphatic hydroxyl groups is 1. The first-order valence-electron chi connectivity index (χ1n) is 5.79. The highest BCUT2D eigenvalue weighted by Gasteiger charge is 2.25. The number of ether oxygens (including phenoxy) is 1. The lowest BCUT2D eigenvalue weighted by molar-refractivity contribution is -0.143. The Labute approximate surface area is 110 Å². The van der Waals surface area contributed by atoms with Gasteiger partial charge in [-0.3, -0.25) is 4.79 Å². The van der Waals surface area contributed by atoms with E-state index in [1.165, 1.54) is 0 Å². The summed E-state index contributed by atoms with van der Waals surface area (Å²) in [5.74, 6) is -2.12. The summed E-state index contributed by atoms with van der Waals surface area (Å²) in [6, 6.07) is 1.85. The van der Waals surface area contributed by atoms with Crippen LogP contribution in [0.5, 0.6) is 11.5 Å². The summed E-state index contributed by atoms with van der Waals surface area (Å²) < 4.78 is 18.6. The molecule has 0 fully saturated rings. The Kier molecular flexibility index (Phi) is 4.49. The lowest BCUT2D eigenvalue weighted by Crippen LogP contribution is -2.25. The molecule has 1 atom stereocenters. The molecule has 0 spiro atoms. The van der Waals surface area contributed by atoms with Crippen LogP contribution in [0.3, 0.4) is 0 Å². The van der Waals surface area contributed by atoms with Crippen molar-refractivity contribution >= 4 is 5.97 Å². The molecule has 6 heteroatoms. The van der Waals surface area contributed by atoms with Crippen LogP contribution in [0.2, 0.25) is 0 Å². The highest BCUT2D eigenvalue weighted by atomic mass is 19.1. The molecule has 0 aromatic heterocycles. The molecule has 0 aliphatic rings. The fourth-order valence-corrected chi connectivity index (χ4v) is 1.28. The lowest BCUT2D eigenvalue weighted by atomic mass is 9.97. The van der Waals surface area contributed by atoms with E-state index < -0.39 is 29.1 Å². The lowest BCUT2D eigenvalue weighted by Gasteiger charge is -2.18. The van der Waals surface area contributed by atoms with Crippen molar-refractivity contribution in [3.05, 3.63) is 23.5 Å². The van der Waals surface area contributed by atoms with E-state index in [4.69, 9.17) is 10.5 Å². The van der Waals surface area contributed by atoms with Crippen molar-refractivity contribution in [3.8, 4) is 11.5 Å². The summed E-state index contributed by atoms with van der Waals surface area (Å²) >= 11 is 0. The van der Waals surface area contributed by atoms with Gasteiger partial charge in [0.25, 0.3) is 0 Å². The van der Waals surface area contributed by atoms with E-state index >= 15 is 0 Å². The number of rotatable bonds is 3. The van der Waals surface area contributed by atoms with Crippen molar-refractivity contribution in [1.82, 2.24) is 0 Å². The molecule has 5 nitrogen and oxygen atoms in total. The van der Waals surface area contributed by atoms with Gasteiger partial charge in [-0.25, -0.2) is 4.39 Å². The second kappa shape index (κ2) is 5.54. The number of hydrogen-bond donors (Lipinski definition) is 3. The highest BCUT2D eigenvalue weighted by Crippen LogP contribution is 2.33. The van der Waals surface area contributed by atoms with Gasteiger partial charge in [0, 0.05) is 18.2 Å². The topological polar surface area (TPSA) is 92.8 Å². The predicted octanol–water partition coefficient (Wildman–Crippen LogP) is 1.47. The van der Waals surface area contributed by atoms with Crippen LogP contribution in [0.25, 0.3) is 0 Å². The Morgan fingerprint density at radius 3 is 2.53 bits per heavy atom. The average Bonchev–Trinajstić information content (AvgIpc) is 2.31. The zero-order valence-corrected chi connectivity index (χ0v) is 11.1. The number of benzene rings is 1. The molecule has 0 aliphatic heterocycles. The normalized spacial score (nSPS) is 13.2. The van der Waals surface area contributed by atoms with E-state index in [2.05, 4.69) is 0 Å². The smallest absolute Gasteiger partial charge is 0.316 e. The van der Waals surface area contributed by atoms with E-state index in [-0.39, 0.29) is 17.9 Å². The molecule has 4 N–H and O–H groups in total. The number of phenols is 1. The Balaban J connectivity index is 3.06. The van der Waals surface area contributed by atoms with E-state index in [0.717, 1.165) is 12.1 Å². The van der Waals surface area contributed by atoms with Gasteiger partial charge in [-0.1, -0.05) is 0 Å². The van der Waals surface area contributed by atoms with Crippen LogP contribution in [0.4, 0.5) is 4.39 Å². The summed E-state index contributed by atoms with van der Waals surface area (Å²) in [6.07, 6.45) is -1.22. The van der Waals surface area contributed by atoms with Gasteiger partial charge in [0.2, 0.25) is 0 Å². The zero-order valence-electron chi connectivity index (χ0n) is 11.1. The SMILES string of the molecule is CC(C)(C)C(=O)Oc1cc(F)c(C(O)CN)cc1O. The molecule has 106 valence electrons. The molecule has 1 unspecified atom stereocenters. The van der Waals surface area contributed by atoms with Gasteiger partial charge in [0.15, 0.2) is 11.5 Å². The maximum atomic E-state index is 13.7. The van der Waals surface area contributed by atoms with Crippen molar-refractivity contribution < 1.29 is 24.1 Å². The molecule has 1 aromatic rings. The largest absolute Gasteiger partial charge is 0.504 e. The van der Waals surface area contributed by atoms with Crippen molar-refractivity contribution in [3.63, 3.8) is 0 Å². The summed E-state index contributed by atoms with van der Waals surface area (Å²) in [5, 5.41) is 19.1. The summed E-state index contributed by atoms with van der Waals surface area (Å²) in [7, 11) is 0. The van der Waals surface area contributed by atoms with E-state index in [1.807, 2.05) is 0 Å². The minimum absolute atomic E-state index is 0.143. The molecule has 0 saturated heterocycles. The maximum absolute atomic E-state index is 13.7. The third kappa shape index (κ3) is 3.65. The molecule has 0 amide bonds. The number of carbonyl (C=O) groups is 1. The van der Waals surface area contributed by atoms with Gasteiger partial charge in [-0.05, 0) is 26.8 Å². The van der Waals surface area contributed by atoms with Crippen LogP contribution >= 0.6 is 0 Å². The first-order chi connectivity index (χ1) is 8.66. The van der Waals surface area contributed by atoms with Crippen molar-refractivity contribution in [2.75, 3.05) is 6.54 Å². The summed E-state index contributed by atoms with van der Waals surface area (Å²) in [4.78, 5) is 11.6. The van der Waals surface area contributed by atoms with Gasteiger partial charge < -0.3 is 20.7 Å². The van der Waals surface area contributed by atoms with E-state index in [1.54, 1.807) is 20.8 Å². The number of esters is 1. The quantitative estimate of drug-likeness (QED) is 0.572. The minimum atomic E-state index is -1.22. The molecule has 19 heavy (non-hydrogen) atoms. The average molecular weight is 271 g/mol. The van der Waals surface area contributed by atoms with Gasteiger partial charge in [-0.15, -0.1) is 0 Å². The van der Waals surface area contributed by atoms with Crippen molar-refractivity contribution in [1.29, 1.82) is 0 Å². The fraction of sp³-hybridized carbons (Fsp3) is 0.462. The summed E-state index contributed by atoms with van der Waals surface area (Å²) in [6.45, 7) is 4.72. The number of hydrogen-bond acceptors (Lipinski definition) is 5. The maximum Gasteiger partial charge on any atom is 0.316 e. The van der Waals surface area contributed by atoms with Crippen LogP contribution in [0, 0.1) is 11.2 Å². The van der Waals surface area contributed by atoms with Crippen molar-refractivity contribution in [2.24, 2.45) is 11.1 Å². The fourth-order valence-electron chi connectivity index (χ4n) is 1.28. The molecule has 0 aliphatic carbocycles. The molecule has 0 saturated carbocycles. The second-order valence-corrected chi connectivity index (χ2v) is 5.23. The molecular formula is C13H18FNO4. The number of aromatic hydroxyl groups is 1. The first kappa shape index (κ1) is 15.4. The molecule has 0 bridgehead atoms. The van der Waals surface area contributed by atoms with Gasteiger partial charge in [0.1, 0.15) is 5.82 Å². The molecule has 1 rings (SSSR count). The van der Waals surface area contributed by atoms with Crippen LogP contribution in [-0.2, 0) is 4.79 Å². The van der Waals surface area contributed by atoms with E-state index in [9.17, 15) is 19.4 Å².